The number of hydrogen-bond acceptors (Lipinski definition) is 7. The number of phosphoric ester groups is 1. The van der Waals surface area contributed by atoms with Crippen molar-refractivity contribution in [2.75, 3.05) is 47.5 Å². The zero-order chi connectivity index (χ0) is 34.4. The number of phosphoric acid groups is 1. The lowest BCUT2D eigenvalue weighted by Gasteiger charge is -2.24. The predicted molar refractivity (Wildman–Crippen MR) is 188 cm³/mol. The van der Waals surface area contributed by atoms with Crippen LogP contribution in [0.25, 0.3) is 0 Å². The van der Waals surface area contributed by atoms with Crippen LogP contribution < -0.4 is 0 Å². The average molecular weight is 677 g/mol. The van der Waals surface area contributed by atoms with E-state index in [0.717, 1.165) is 51.4 Å². The molecule has 0 radical (unpaired) electrons. The summed E-state index contributed by atoms with van der Waals surface area (Å²) in [7, 11) is 1.47. The molecule has 0 rings (SSSR count). The third kappa shape index (κ3) is 32.7. The Morgan fingerprint density at radius 1 is 0.652 bits per heavy atom. The van der Waals surface area contributed by atoms with Gasteiger partial charge < -0.3 is 18.9 Å². The fourth-order valence-corrected chi connectivity index (χ4v) is 5.57. The molecule has 0 aromatic heterocycles. The van der Waals surface area contributed by atoms with Gasteiger partial charge in [0.1, 0.15) is 19.8 Å². The van der Waals surface area contributed by atoms with Gasteiger partial charge >= 0.3 is 19.8 Å². The number of hydrogen-bond donors (Lipinski definition) is 1. The molecule has 0 saturated heterocycles. The first-order chi connectivity index (χ1) is 22.0. The summed E-state index contributed by atoms with van der Waals surface area (Å²) >= 11 is 0. The van der Waals surface area contributed by atoms with E-state index in [-0.39, 0.29) is 32.0 Å². The van der Waals surface area contributed by atoms with Crippen molar-refractivity contribution in [3.63, 3.8) is 0 Å². The summed E-state index contributed by atoms with van der Waals surface area (Å²) in [5.41, 5.74) is 0. The summed E-state index contributed by atoms with van der Waals surface area (Å²) in [6.45, 7) is 4.34. The summed E-state index contributed by atoms with van der Waals surface area (Å²) < 4.78 is 34.0. The quantitative estimate of drug-likeness (QED) is 0.0241. The highest BCUT2D eigenvalue weighted by Gasteiger charge is 2.27. The second kappa shape index (κ2) is 29.9. The molecule has 0 bridgehead atoms. The summed E-state index contributed by atoms with van der Waals surface area (Å²) in [5.74, 6) is -0.814. The monoisotopic (exact) mass is 676 g/mol. The number of carbonyl (C=O) groups is 2. The van der Waals surface area contributed by atoms with Gasteiger partial charge in [-0.2, -0.15) is 0 Å². The zero-order valence-corrected chi connectivity index (χ0v) is 31.2. The molecule has 272 valence electrons. The lowest BCUT2D eigenvalue weighted by molar-refractivity contribution is -0.870. The Bertz CT molecular complexity index is 814. The molecule has 46 heavy (non-hydrogen) atoms. The number of allylic oxidation sites excluding steroid dienone is 2. The number of quaternary nitrogens is 1. The van der Waals surface area contributed by atoms with E-state index in [1.807, 2.05) is 21.1 Å². The number of ether oxygens (including phenoxy) is 2. The Kier molecular flexibility index (Phi) is 29.0. The molecule has 2 atom stereocenters. The van der Waals surface area contributed by atoms with E-state index in [2.05, 4.69) is 26.0 Å². The Hall–Kier alpha value is -1.25. The van der Waals surface area contributed by atoms with Crippen molar-refractivity contribution in [2.45, 2.75) is 161 Å². The highest BCUT2D eigenvalue weighted by molar-refractivity contribution is 7.47. The van der Waals surface area contributed by atoms with Crippen LogP contribution in [0.15, 0.2) is 12.2 Å². The minimum Gasteiger partial charge on any atom is -0.462 e. The Morgan fingerprint density at radius 3 is 1.61 bits per heavy atom. The SMILES string of the molecule is CCCCCCCC/C=C\CCCCCCCC(=O)OC(COC(=O)CCCCCCCCC)COP(=O)(O)OCC[N+](C)(C)C. The molecular weight excluding hydrogens is 605 g/mol. The molecule has 0 fully saturated rings. The van der Waals surface area contributed by atoms with Crippen molar-refractivity contribution in [1.82, 2.24) is 0 Å². The number of carbonyl (C=O) groups excluding carboxylic acids is 2. The fraction of sp³-hybridized carbons (Fsp3) is 0.889. The Morgan fingerprint density at radius 2 is 1.11 bits per heavy atom. The zero-order valence-electron chi connectivity index (χ0n) is 30.3. The smallest absolute Gasteiger partial charge is 0.462 e. The number of rotatable bonds is 33. The van der Waals surface area contributed by atoms with Crippen molar-refractivity contribution >= 4 is 19.8 Å². The summed E-state index contributed by atoms with van der Waals surface area (Å²) in [4.78, 5) is 35.0. The van der Waals surface area contributed by atoms with E-state index in [1.54, 1.807) is 0 Å². The maximum atomic E-state index is 12.6. The molecule has 1 N–H and O–H groups in total. The largest absolute Gasteiger partial charge is 0.472 e. The third-order valence-corrected chi connectivity index (χ3v) is 8.78. The molecule has 0 aromatic rings. The van der Waals surface area contributed by atoms with E-state index in [0.29, 0.717) is 17.4 Å². The van der Waals surface area contributed by atoms with Crippen LogP contribution in [0.5, 0.6) is 0 Å². The Balaban J connectivity index is 4.41. The molecule has 0 aliphatic carbocycles. The number of likely N-dealkylation sites (N-methyl/N-ethyl adjacent to an activating group) is 1. The van der Waals surface area contributed by atoms with E-state index in [4.69, 9.17) is 18.5 Å². The van der Waals surface area contributed by atoms with Crippen molar-refractivity contribution in [3.05, 3.63) is 12.2 Å². The van der Waals surface area contributed by atoms with Gasteiger partial charge in [-0.05, 0) is 38.5 Å². The maximum absolute atomic E-state index is 12.6. The minimum absolute atomic E-state index is 0.0324. The minimum atomic E-state index is -4.36. The van der Waals surface area contributed by atoms with E-state index in [1.165, 1.54) is 70.6 Å². The first-order valence-electron chi connectivity index (χ1n) is 18.4. The first kappa shape index (κ1) is 44.8. The third-order valence-electron chi connectivity index (χ3n) is 7.80. The van der Waals surface area contributed by atoms with E-state index < -0.39 is 26.5 Å². The molecule has 10 heteroatoms. The number of unbranched alkanes of at least 4 members (excludes halogenated alkanes) is 17. The summed E-state index contributed by atoms with van der Waals surface area (Å²) in [6.07, 6.45) is 27.0. The highest BCUT2D eigenvalue weighted by atomic mass is 31.2. The second-order valence-corrected chi connectivity index (χ2v) is 15.1. The van der Waals surface area contributed by atoms with Crippen molar-refractivity contribution < 1.29 is 42.1 Å². The molecule has 0 heterocycles. The molecule has 0 aliphatic rings. The highest BCUT2D eigenvalue weighted by Crippen LogP contribution is 2.43. The first-order valence-corrected chi connectivity index (χ1v) is 19.9. The van der Waals surface area contributed by atoms with Crippen LogP contribution in [0, 0.1) is 0 Å². The molecule has 9 nitrogen and oxygen atoms in total. The van der Waals surface area contributed by atoms with Gasteiger partial charge in [0.25, 0.3) is 0 Å². The van der Waals surface area contributed by atoms with Gasteiger partial charge in [0, 0.05) is 12.8 Å². The van der Waals surface area contributed by atoms with Crippen molar-refractivity contribution in [1.29, 1.82) is 0 Å². The van der Waals surface area contributed by atoms with E-state index in [9.17, 15) is 19.0 Å². The second-order valence-electron chi connectivity index (χ2n) is 13.6. The van der Waals surface area contributed by atoms with Crippen LogP contribution in [0.2, 0.25) is 0 Å². The molecule has 2 unspecified atom stereocenters. The van der Waals surface area contributed by atoms with Crippen LogP contribution in [0.3, 0.4) is 0 Å². The molecule has 0 aliphatic heterocycles. The van der Waals surface area contributed by atoms with Crippen molar-refractivity contribution in [2.24, 2.45) is 0 Å². The summed E-state index contributed by atoms with van der Waals surface area (Å²) in [5, 5.41) is 0. The van der Waals surface area contributed by atoms with E-state index >= 15 is 0 Å². The normalized spacial score (nSPS) is 14.0. The van der Waals surface area contributed by atoms with Crippen molar-refractivity contribution in [3.8, 4) is 0 Å². The lowest BCUT2D eigenvalue weighted by Crippen LogP contribution is -2.37. The fourth-order valence-electron chi connectivity index (χ4n) is 4.83. The van der Waals surface area contributed by atoms with Crippen LogP contribution in [0.1, 0.15) is 155 Å². The molecular formula is C36H71NO8P+. The Labute approximate surface area is 282 Å². The standard InChI is InChI=1S/C36H70NO8P/c1-6-8-10-12-14-15-16-17-18-19-20-21-23-25-27-29-36(39)45-34(33-44-46(40,41)43-31-30-37(3,4)5)32-42-35(38)28-26-24-22-13-11-9-7-2/h17-18,34H,6-16,19-33H2,1-5H3/p+1/b18-17-. The summed E-state index contributed by atoms with van der Waals surface area (Å²) in [6, 6.07) is 0. The average Bonchev–Trinajstić information content (AvgIpc) is 2.99. The van der Waals surface area contributed by atoms with Gasteiger partial charge in [-0.25, -0.2) is 4.57 Å². The van der Waals surface area contributed by atoms with Gasteiger partial charge in [-0.15, -0.1) is 0 Å². The topological polar surface area (TPSA) is 108 Å². The van der Waals surface area contributed by atoms with Gasteiger partial charge in [0.2, 0.25) is 0 Å². The van der Waals surface area contributed by atoms with Crippen LogP contribution >= 0.6 is 7.82 Å². The predicted octanol–water partition coefficient (Wildman–Crippen LogP) is 9.46. The van der Waals surface area contributed by atoms with Gasteiger partial charge in [-0.1, -0.05) is 116 Å². The molecule has 0 spiro atoms. The number of esters is 2. The molecule has 0 saturated carbocycles. The van der Waals surface area contributed by atoms with Gasteiger partial charge in [0.05, 0.1) is 27.7 Å². The van der Waals surface area contributed by atoms with Crippen LogP contribution in [0.4, 0.5) is 0 Å². The van der Waals surface area contributed by atoms with Crippen LogP contribution in [-0.4, -0.2) is 74.9 Å². The van der Waals surface area contributed by atoms with Crippen LogP contribution in [-0.2, 0) is 32.7 Å². The molecule has 0 amide bonds. The number of nitrogens with zero attached hydrogens (tertiary/aromatic N) is 1. The van der Waals surface area contributed by atoms with Gasteiger partial charge in [0.15, 0.2) is 6.10 Å². The van der Waals surface area contributed by atoms with Gasteiger partial charge in [-0.3, -0.25) is 18.6 Å². The lowest BCUT2D eigenvalue weighted by atomic mass is 10.1. The molecule has 0 aromatic carbocycles. The maximum Gasteiger partial charge on any atom is 0.472 e.